The molecular formula is C18H18N4O5S2. The Labute approximate surface area is 171 Å². The molecule has 0 bridgehead atoms. The van der Waals surface area contributed by atoms with Crippen molar-refractivity contribution in [1.29, 1.82) is 0 Å². The standard InChI is InChI=1S/C18H18N4O5S2/c23-18(15-2-1-11-28-15)19-12-16-20-17(21-27-16)13-3-5-14(6-4-13)29(24,25)22-7-9-26-10-8-22/h1-6,11H,7-10,12H2,(H,19,23). The molecule has 0 unspecified atom stereocenters. The van der Waals surface area contributed by atoms with Crippen LogP contribution >= 0.6 is 11.3 Å². The first-order chi connectivity index (χ1) is 14.0. The number of rotatable bonds is 6. The van der Waals surface area contributed by atoms with E-state index in [9.17, 15) is 13.2 Å². The molecule has 1 saturated heterocycles. The summed E-state index contributed by atoms with van der Waals surface area (Å²) in [5.74, 6) is 0.369. The lowest BCUT2D eigenvalue weighted by molar-refractivity contribution is 0.0730. The largest absolute Gasteiger partial charge is 0.379 e. The van der Waals surface area contributed by atoms with Crippen molar-refractivity contribution in [2.75, 3.05) is 26.3 Å². The van der Waals surface area contributed by atoms with E-state index in [1.807, 2.05) is 5.38 Å². The van der Waals surface area contributed by atoms with Gasteiger partial charge in [-0.3, -0.25) is 4.79 Å². The van der Waals surface area contributed by atoms with Gasteiger partial charge in [-0.1, -0.05) is 11.2 Å². The van der Waals surface area contributed by atoms with Crippen molar-refractivity contribution in [1.82, 2.24) is 19.8 Å². The van der Waals surface area contributed by atoms with Crippen molar-refractivity contribution >= 4 is 27.3 Å². The van der Waals surface area contributed by atoms with Crippen LogP contribution in [-0.2, 0) is 21.3 Å². The molecule has 1 aromatic carbocycles. The van der Waals surface area contributed by atoms with Crippen molar-refractivity contribution < 1.29 is 22.5 Å². The highest BCUT2D eigenvalue weighted by atomic mass is 32.2. The van der Waals surface area contributed by atoms with Crippen LogP contribution in [0.5, 0.6) is 0 Å². The van der Waals surface area contributed by atoms with Crippen LogP contribution in [-0.4, -0.2) is 55.1 Å². The third-order valence-electron chi connectivity index (χ3n) is 4.33. The molecule has 9 nitrogen and oxygen atoms in total. The van der Waals surface area contributed by atoms with E-state index in [0.717, 1.165) is 0 Å². The molecule has 1 amide bonds. The Hall–Kier alpha value is -2.60. The minimum atomic E-state index is -3.55. The molecule has 1 fully saturated rings. The van der Waals surface area contributed by atoms with Crippen molar-refractivity contribution in [3.63, 3.8) is 0 Å². The first-order valence-electron chi connectivity index (χ1n) is 8.87. The summed E-state index contributed by atoms with van der Waals surface area (Å²) in [4.78, 5) is 17.0. The Bertz CT molecular complexity index is 1070. The molecule has 0 aliphatic carbocycles. The van der Waals surface area contributed by atoms with Crippen molar-refractivity contribution in [2.45, 2.75) is 11.4 Å². The molecule has 1 aliphatic heterocycles. The van der Waals surface area contributed by atoms with Gasteiger partial charge in [0.1, 0.15) is 0 Å². The van der Waals surface area contributed by atoms with Crippen LogP contribution in [0.4, 0.5) is 0 Å². The van der Waals surface area contributed by atoms with Crippen LogP contribution in [0.3, 0.4) is 0 Å². The minimum absolute atomic E-state index is 0.104. The first kappa shape index (κ1) is 19.7. The van der Waals surface area contributed by atoms with Crippen LogP contribution < -0.4 is 5.32 Å². The average molecular weight is 434 g/mol. The zero-order valence-corrected chi connectivity index (χ0v) is 16.9. The van der Waals surface area contributed by atoms with Gasteiger partial charge >= 0.3 is 0 Å². The number of amides is 1. The van der Waals surface area contributed by atoms with Gasteiger partial charge in [0.15, 0.2) is 0 Å². The summed E-state index contributed by atoms with van der Waals surface area (Å²) in [6.45, 7) is 1.58. The summed E-state index contributed by atoms with van der Waals surface area (Å²) in [6.07, 6.45) is 0. The van der Waals surface area contributed by atoms with E-state index in [1.165, 1.54) is 27.8 Å². The van der Waals surface area contributed by atoms with Gasteiger partial charge in [-0.25, -0.2) is 8.42 Å². The van der Waals surface area contributed by atoms with E-state index in [0.29, 0.717) is 42.6 Å². The van der Waals surface area contributed by atoms with E-state index >= 15 is 0 Å². The van der Waals surface area contributed by atoms with Gasteiger partial charge in [-0.15, -0.1) is 11.3 Å². The van der Waals surface area contributed by atoms with E-state index in [-0.39, 0.29) is 23.2 Å². The van der Waals surface area contributed by atoms with Gasteiger partial charge in [0.05, 0.1) is 29.5 Å². The number of thiophene rings is 1. The fraction of sp³-hybridized carbons (Fsp3) is 0.278. The lowest BCUT2D eigenvalue weighted by atomic mass is 10.2. The highest BCUT2D eigenvalue weighted by Crippen LogP contribution is 2.22. The SMILES string of the molecule is O=C(NCc1nc(-c2ccc(S(=O)(=O)N3CCOCC3)cc2)no1)c1cccs1. The molecule has 4 rings (SSSR count). The van der Waals surface area contributed by atoms with Gasteiger partial charge in [0.2, 0.25) is 21.7 Å². The number of sulfonamides is 1. The number of aromatic nitrogens is 2. The molecule has 2 aromatic heterocycles. The molecule has 0 atom stereocenters. The summed E-state index contributed by atoms with van der Waals surface area (Å²) in [5, 5.41) is 8.43. The summed E-state index contributed by atoms with van der Waals surface area (Å²) in [5.41, 5.74) is 0.616. The molecule has 11 heteroatoms. The van der Waals surface area contributed by atoms with E-state index < -0.39 is 10.0 Å². The highest BCUT2D eigenvalue weighted by molar-refractivity contribution is 7.89. The number of hydrogen-bond acceptors (Lipinski definition) is 8. The number of benzene rings is 1. The molecule has 3 aromatic rings. The summed E-state index contributed by atoms with van der Waals surface area (Å²) in [7, 11) is -3.55. The molecule has 152 valence electrons. The third kappa shape index (κ3) is 4.37. The van der Waals surface area contributed by atoms with E-state index in [4.69, 9.17) is 9.26 Å². The molecule has 29 heavy (non-hydrogen) atoms. The molecule has 0 saturated carbocycles. The molecule has 3 heterocycles. The average Bonchev–Trinajstić information content (AvgIpc) is 3.45. The van der Waals surface area contributed by atoms with Crippen LogP contribution in [0, 0.1) is 0 Å². The van der Waals surface area contributed by atoms with Crippen LogP contribution in [0.1, 0.15) is 15.6 Å². The lowest BCUT2D eigenvalue weighted by Crippen LogP contribution is -2.40. The molecule has 0 spiro atoms. The first-order valence-corrected chi connectivity index (χ1v) is 11.2. The lowest BCUT2D eigenvalue weighted by Gasteiger charge is -2.26. The van der Waals surface area contributed by atoms with Gasteiger partial charge in [-0.05, 0) is 35.7 Å². The zero-order chi connectivity index (χ0) is 20.3. The summed E-state index contributed by atoms with van der Waals surface area (Å²) < 4.78 is 37.1. The Morgan fingerprint density at radius 3 is 2.62 bits per heavy atom. The third-order valence-corrected chi connectivity index (χ3v) is 7.12. The zero-order valence-electron chi connectivity index (χ0n) is 15.3. The number of carbonyl (C=O) groups is 1. The molecular weight excluding hydrogens is 416 g/mol. The number of hydrogen-bond donors (Lipinski definition) is 1. The Morgan fingerprint density at radius 2 is 1.93 bits per heavy atom. The quantitative estimate of drug-likeness (QED) is 0.628. The fourth-order valence-corrected chi connectivity index (χ4v) is 4.85. The Balaban J connectivity index is 1.42. The second-order valence-corrected chi connectivity index (χ2v) is 9.10. The summed E-state index contributed by atoms with van der Waals surface area (Å²) in [6, 6.07) is 9.83. The second kappa shape index (κ2) is 8.41. The molecule has 0 radical (unpaired) electrons. The maximum atomic E-state index is 12.7. The number of nitrogens with zero attached hydrogens (tertiary/aromatic N) is 3. The van der Waals surface area contributed by atoms with Gasteiger partial charge in [0.25, 0.3) is 5.91 Å². The van der Waals surface area contributed by atoms with Crippen molar-refractivity contribution in [3.05, 3.63) is 52.5 Å². The van der Waals surface area contributed by atoms with Crippen LogP contribution in [0.2, 0.25) is 0 Å². The van der Waals surface area contributed by atoms with Crippen molar-refractivity contribution in [3.8, 4) is 11.4 Å². The number of carbonyl (C=O) groups excluding carboxylic acids is 1. The minimum Gasteiger partial charge on any atom is -0.379 e. The number of morpholine rings is 1. The number of nitrogens with one attached hydrogen (secondary N) is 1. The Kier molecular flexibility index (Phi) is 5.72. The maximum absolute atomic E-state index is 12.7. The smallest absolute Gasteiger partial charge is 0.261 e. The van der Waals surface area contributed by atoms with Crippen LogP contribution in [0.25, 0.3) is 11.4 Å². The normalized spacial score (nSPS) is 15.3. The van der Waals surface area contributed by atoms with Crippen molar-refractivity contribution in [2.24, 2.45) is 0 Å². The predicted octanol–water partition coefficient (Wildman–Crippen LogP) is 1.75. The second-order valence-electron chi connectivity index (χ2n) is 6.21. The van der Waals surface area contributed by atoms with Crippen LogP contribution in [0.15, 0.2) is 51.2 Å². The van der Waals surface area contributed by atoms with E-state index in [2.05, 4.69) is 15.5 Å². The van der Waals surface area contributed by atoms with Gasteiger partial charge in [-0.2, -0.15) is 9.29 Å². The Morgan fingerprint density at radius 1 is 1.17 bits per heavy atom. The number of ether oxygens (including phenoxy) is 1. The highest BCUT2D eigenvalue weighted by Gasteiger charge is 2.26. The van der Waals surface area contributed by atoms with Gasteiger partial charge < -0.3 is 14.6 Å². The van der Waals surface area contributed by atoms with Gasteiger partial charge in [0, 0.05) is 18.7 Å². The molecule has 1 aliphatic rings. The predicted molar refractivity (Wildman–Crippen MR) is 105 cm³/mol. The maximum Gasteiger partial charge on any atom is 0.261 e. The fourth-order valence-electron chi connectivity index (χ4n) is 2.81. The monoisotopic (exact) mass is 434 g/mol. The van der Waals surface area contributed by atoms with E-state index in [1.54, 1.807) is 24.3 Å². The summed E-state index contributed by atoms with van der Waals surface area (Å²) >= 11 is 1.34. The topological polar surface area (TPSA) is 115 Å². The molecule has 1 N–H and O–H groups in total.